The number of aliphatic carboxylic acids is 1. The number of carboxylic acids is 1. The minimum Gasteiger partial charge on any atom is -0.481 e. The number of thioether (sulfide) groups is 1. The molecule has 8 nitrogen and oxygen atoms in total. The van der Waals surface area contributed by atoms with Gasteiger partial charge in [0.2, 0.25) is 5.91 Å². The molecule has 0 aromatic carbocycles. The smallest absolute Gasteiger partial charge is 0.341 e. The first-order valence-electron chi connectivity index (χ1n) is 8.09. The minimum absolute atomic E-state index is 0.232. The summed E-state index contributed by atoms with van der Waals surface area (Å²) >= 11 is 1.02. The summed E-state index contributed by atoms with van der Waals surface area (Å²) < 4.78 is 5.62. The van der Waals surface area contributed by atoms with Gasteiger partial charge < -0.3 is 15.2 Å². The SMILES string of the molecule is CC(=NN=C1NC(=O)C(CC(=O)O)S1)C1=C(C)C2(CCCC2)OC1=O. The zero-order valence-electron chi connectivity index (χ0n) is 14.0. The molecule has 2 N–H and O–H groups in total. The third-order valence-corrected chi connectivity index (χ3v) is 5.82. The Labute approximate surface area is 148 Å². The van der Waals surface area contributed by atoms with Crippen molar-refractivity contribution in [1.82, 2.24) is 5.32 Å². The molecule has 1 saturated heterocycles. The fourth-order valence-corrected chi connectivity index (χ4v) is 4.35. The number of ether oxygens (including phenoxy) is 1. The number of carbonyl (C=O) groups excluding carboxylic acids is 2. The molecule has 0 radical (unpaired) electrons. The van der Waals surface area contributed by atoms with Crippen molar-refractivity contribution in [3.05, 3.63) is 11.1 Å². The lowest BCUT2D eigenvalue weighted by Crippen LogP contribution is -2.26. The average Bonchev–Trinajstić information content (AvgIpc) is 3.19. The van der Waals surface area contributed by atoms with Gasteiger partial charge in [-0.25, -0.2) is 4.79 Å². The van der Waals surface area contributed by atoms with Gasteiger partial charge in [-0.2, -0.15) is 5.10 Å². The highest BCUT2D eigenvalue weighted by Gasteiger charge is 2.47. The number of carbonyl (C=O) groups is 3. The number of hydrogen-bond donors (Lipinski definition) is 2. The molecule has 0 aromatic rings. The van der Waals surface area contributed by atoms with Crippen molar-refractivity contribution in [2.75, 3.05) is 0 Å². The quantitative estimate of drug-likeness (QED) is 0.444. The standard InChI is InChI=1S/C16H19N3O5S/c1-8-12(14(23)24-16(8)5-3-4-6-16)9(2)18-19-15-17-13(22)10(25-15)7-11(20)21/h10H,3-7H2,1-2H3,(H,20,21)(H,17,19,22). The van der Waals surface area contributed by atoms with E-state index in [9.17, 15) is 14.4 Å². The van der Waals surface area contributed by atoms with Crippen LogP contribution in [-0.4, -0.2) is 44.7 Å². The van der Waals surface area contributed by atoms with Gasteiger partial charge in [-0.1, -0.05) is 11.8 Å². The number of hydrogen-bond acceptors (Lipinski definition) is 7. The van der Waals surface area contributed by atoms with Crippen LogP contribution in [0, 0.1) is 0 Å². The molecule has 1 amide bonds. The van der Waals surface area contributed by atoms with Gasteiger partial charge in [0.15, 0.2) is 5.17 Å². The third-order valence-electron chi connectivity index (χ3n) is 4.75. The Kier molecular flexibility index (Phi) is 4.68. The first kappa shape index (κ1) is 17.7. The first-order chi connectivity index (χ1) is 11.8. The van der Waals surface area contributed by atoms with E-state index in [4.69, 9.17) is 9.84 Å². The topological polar surface area (TPSA) is 117 Å². The molecule has 0 aromatic heterocycles. The van der Waals surface area contributed by atoms with Crippen molar-refractivity contribution in [1.29, 1.82) is 0 Å². The Morgan fingerprint density at radius 1 is 1.40 bits per heavy atom. The fourth-order valence-electron chi connectivity index (χ4n) is 3.44. The van der Waals surface area contributed by atoms with Gasteiger partial charge in [0.05, 0.1) is 17.7 Å². The zero-order chi connectivity index (χ0) is 18.2. The maximum absolute atomic E-state index is 12.3. The molecule has 1 aliphatic carbocycles. The van der Waals surface area contributed by atoms with Crippen LogP contribution < -0.4 is 5.32 Å². The molecular formula is C16H19N3O5S. The summed E-state index contributed by atoms with van der Waals surface area (Å²) in [6.07, 6.45) is 3.45. The van der Waals surface area contributed by atoms with E-state index in [1.54, 1.807) is 6.92 Å². The summed E-state index contributed by atoms with van der Waals surface area (Å²) in [5, 5.41) is 18.8. The van der Waals surface area contributed by atoms with E-state index in [0.717, 1.165) is 43.0 Å². The van der Waals surface area contributed by atoms with E-state index in [2.05, 4.69) is 15.5 Å². The Bertz CT molecular complexity index is 734. The lowest BCUT2D eigenvalue weighted by Gasteiger charge is -2.23. The maximum Gasteiger partial charge on any atom is 0.341 e. The predicted molar refractivity (Wildman–Crippen MR) is 92.3 cm³/mol. The third kappa shape index (κ3) is 3.33. The number of carboxylic acid groups (broad SMARTS) is 1. The molecule has 3 aliphatic rings. The second-order valence-electron chi connectivity index (χ2n) is 6.38. The molecule has 1 atom stereocenters. The van der Waals surface area contributed by atoms with E-state index < -0.39 is 22.7 Å². The van der Waals surface area contributed by atoms with Crippen LogP contribution in [0.15, 0.2) is 21.3 Å². The fraction of sp³-hybridized carbons (Fsp3) is 0.562. The van der Waals surface area contributed by atoms with E-state index in [1.807, 2.05) is 6.92 Å². The highest BCUT2D eigenvalue weighted by molar-refractivity contribution is 8.15. The molecule has 2 fully saturated rings. The molecule has 3 rings (SSSR count). The summed E-state index contributed by atoms with van der Waals surface area (Å²) in [6, 6.07) is 0. The van der Waals surface area contributed by atoms with Gasteiger partial charge in [-0.3, -0.25) is 9.59 Å². The number of amidine groups is 1. The molecule has 25 heavy (non-hydrogen) atoms. The summed E-state index contributed by atoms with van der Waals surface area (Å²) in [5.41, 5.74) is 1.28. The second kappa shape index (κ2) is 6.62. The van der Waals surface area contributed by atoms with Crippen molar-refractivity contribution >= 4 is 40.5 Å². The highest BCUT2D eigenvalue weighted by atomic mass is 32.2. The average molecular weight is 365 g/mol. The number of amides is 1. The predicted octanol–water partition coefficient (Wildman–Crippen LogP) is 1.61. The van der Waals surface area contributed by atoms with E-state index >= 15 is 0 Å². The Hall–Kier alpha value is -2.16. The molecule has 2 aliphatic heterocycles. The lowest BCUT2D eigenvalue weighted by molar-refractivity contribution is -0.146. The van der Waals surface area contributed by atoms with Crippen molar-refractivity contribution in [2.24, 2.45) is 10.2 Å². The summed E-state index contributed by atoms with van der Waals surface area (Å²) in [7, 11) is 0. The van der Waals surface area contributed by atoms with Gasteiger partial charge in [0, 0.05) is 0 Å². The number of nitrogens with one attached hydrogen (secondary N) is 1. The van der Waals surface area contributed by atoms with E-state index in [-0.39, 0.29) is 17.6 Å². The number of nitrogens with zero attached hydrogens (tertiary/aromatic N) is 2. The molecule has 2 heterocycles. The molecular weight excluding hydrogens is 346 g/mol. The molecule has 134 valence electrons. The molecule has 1 saturated carbocycles. The van der Waals surface area contributed by atoms with Crippen LogP contribution >= 0.6 is 11.8 Å². The number of esters is 1. The summed E-state index contributed by atoms with van der Waals surface area (Å²) in [6.45, 7) is 3.57. The largest absolute Gasteiger partial charge is 0.481 e. The van der Waals surface area contributed by atoms with Crippen LogP contribution in [0.1, 0.15) is 46.0 Å². The van der Waals surface area contributed by atoms with Gasteiger partial charge in [-0.15, -0.1) is 5.10 Å². The maximum atomic E-state index is 12.3. The summed E-state index contributed by atoms with van der Waals surface area (Å²) in [4.78, 5) is 34.7. The van der Waals surface area contributed by atoms with Gasteiger partial charge in [0.1, 0.15) is 10.9 Å². The monoisotopic (exact) mass is 365 g/mol. The van der Waals surface area contributed by atoms with Gasteiger partial charge >= 0.3 is 11.9 Å². The lowest BCUT2D eigenvalue weighted by atomic mass is 9.90. The van der Waals surface area contributed by atoms with Crippen LogP contribution in [0.3, 0.4) is 0 Å². The van der Waals surface area contributed by atoms with Crippen LogP contribution in [0.2, 0.25) is 0 Å². The highest BCUT2D eigenvalue weighted by Crippen LogP contribution is 2.45. The number of rotatable bonds is 4. The van der Waals surface area contributed by atoms with Gasteiger partial charge in [0.25, 0.3) is 0 Å². The van der Waals surface area contributed by atoms with Crippen molar-refractivity contribution < 1.29 is 24.2 Å². The molecule has 9 heteroatoms. The Morgan fingerprint density at radius 3 is 2.72 bits per heavy atom. The minimum atomic E-state index is -1.05. The Balaban J connectivity index is 1.78. The zero-order valence-corrected chi connectivity index (χ0v) is 14.8. The van der Waals surface area contributed by atoms with Crippen LogP contribution in [0.25, 0.3) is 0 Å². The van der Waals surface area contributed by atoms with Crippen molar-refractivity contribution in [2.45, 2.75) is 56.8 Å². The molecule has 1 unspecified atom stereocenters. The van der Waals surface area contributed by atoms with E-state index in [0.29, 0.717) is 11.3 Å². The van der Waals surface area contributed by atoms with Crippen LogP contribution in [-0.2, 0) is 19.1 Å². The summed E-state index contributed by atoms with van der Waals surface area (Å²) in [5.74, 6) is -1.84. The Morgan fingerprint density at radius 2 is 2.08 bits per heavy atom. The van der Waals surface area contributed by atoms with Crippen LogP contribution in [0.5, 0.6) is 0 Å². The molecule has 1 spiro atoms. The van der Waals surface area contributed by atoms with Gasteiger partial charge in [-0.05, 0) is 45.1 Å². The molecule has 0 bridgehead atoms. The second-order valence-corrected chi connectivity index (χ2v) is 7.57. The first-order valence-corrected chi connectivity index (χ1v) is 8.97. The van der Waals surface area contributed by atoms with Crippen molar-refractivity contribution in [3.8, 4) is 0 Å². The normalized spacial score (nSPS) is 27.4. The van der Waals surface area contributed by atoms with Crippen molar-refractivity contribution in [3.63, 3.8) is 0 Å². The van der Waals surface area contributed by atoms with Crippen LogP contribution in [0.4, 0.5) is 0 Å². The van der Waals surface area contributed by atoms with E-state index in [1.165, 1.54) is 0 Å².